The predicted octanol–water partition coefficient (Wildman–Crippen LogP) is 1.32. The van der Waals surface area contributed by atoms with E-state index in [1.165, 1.54) is 11.3 Å². The maximum absolute atomic E-state index is 11.9. The lowest BCUT2D eigenvalue weighted by molar-refractivity contribution is -0.129. The molecule has 2 heterocycles. The highest BCUT2D eigenvalue weighted by molar-refractivity contribution is 7.13. The van der Waals surface area contributed by atoms with Crippen LogP contribution in [0.25, 0.3) is 0 Å². The predicted molar refractivity (Wildman–Crippen MR) is 70.9 cm³/mol. The molecule has 2 N–H and O–H groups in total. The van der Waals surface area contributed by atoms with E-state index in [9.17, 15) is 4.79 Å². The smallest absolute Gasteiger partial charge is 0.228 e. The van der Waals surface area contributed by atoms with Gasteiger partial charge in [-0.1, -0.05) is 6.07 Å². The van der Waals surface area contributed by atoms with Gasteiger partial charge >= 0.3 is 0 Å². The molecule has 0 spiro atoms. The normalized spacial score (nSPS) is 10.3. The molecule has 18 heavy (non-hydrogen) atoms. The van der Waals surface area contributed by atoms with E-state index in [4.69, 9.17) is 5.73 Å². The van der Waals surface area contributed by atoms with Crippen LogP contribution in [0.3, 0.4) is 0 Å². The Balaban J connectivity index is 1.93. The zero-order valence-corrected chi connectivity index (χ0v) is 10.9. The van der Waals surface area contributed by atoms with Crippen molar-refractivity contribution in [3.05, 3.63) is 41.2 Å². The number of aromatic nitrogens is 2. The van der Waals surface area contributed by atoms with Crippen molar-refractivity contribution in [3.8, 4) is 0 Å². The van der Waals surface area contributed by atoms with E-state index in [0.717, 1.165) is 11.4 Å². The highest BCUT2D eigenvalue weighted by Gasteiger charge is 2.12. The van der Waals surface area contributed by atoms with Crippen molar-refractivity contribution in [3.63, 3.8) is 0 Å². The lowest BCUT2D eigenvalue weighted by Crippen LogP contribution is -2.28. The van der Waals surface area contributed by atoms with E-state index < -0.39 is 0 Å². The van der Waals surface area contributed by atoms with Gasteiger partial charge in [0.05, 0.1) is 24.4 Å². The molecular weight excluding hydrogens is 248 g/mol. The Morgan fingerprint density at radius 3 is 2.89 bits per heavy atom. The second kappa shape index (κ2) is 5.59. The number of amides is 1. The van der Waals surface area contributed by atoms with Crippen molar-refractivity contribution < 1.29 is 4.79 Å². The number of anilines is 1. The van der Waals surface area contributed by atoms with Crippen LogP contribution in [-0.2, 0) is 17.8 Å². The molecule has 94 valence electrons. The van der Waals surface area contributed by atoms with Gasteiger partial charge in [-0.05, 0) is 12.1 Å². The van der Waals surface area contributed by atoms with Crippen LogP contribution in [-0.4, -0.2) is 27.8 Å². The van der Waals surface area contributed by atoms with Crippen LogP contribution < -0.4 is 5.73 Å². The average Bonchev–Trinajstić information content (AvgIpc) is 2.76. The Labute approximate surface area is 109 Å². The Kier molecular flexibility index (Phi) is 3.88. The minimum atomic E-state index is 0.00551. The minimum absolute atomic E-state index is 0.00551. The number of carbonyl (C=O) groups is 1. The molecule has 2 aromatic rings. The first-order valence-corrected chi connectivity index (χ1v) is 6.37. The molecule has 0 bridgehead atoms. The Morgan fingerprint density at radius 1 is 1.44 bits per heavy atom. The Hall–Kier alpha value is -1.95. The summed E-state index contributed by atoms with van der Waals surface area (Å²) in [5.41, 5.74) is 7.11. The fraction of sp³-hybridized carbons (Fsp3) is 0.250. The van der Waals surface area contributed by atoms with Gasteiger partial charge in [0.1, 0.15) is 0 Å². The Bertz CT molecular complexity index is 526. The molecule has 0 saturated carbocycles. The lowest BCUT2D eigenvalue weighted by atomic mass is 10.3. The van der Waals surface area contributed by atoms with Gasteiger partial charge in [-0.3, -0.25) is 9.78 Å². The molecule has 2 rings (SSSR count). The summed E-state index contributed by atoms with van der Waals surface area (Å²) in [7, 11) is 1.76. The van der Waals surface area contributed by atoms with Crippen molar-refractivity contribution >= 4 is 22.4 Å². The quantitative estimate of drug-likeness (QED) is 0.902. The molecule has 0 radical (unpaired) electrons. The largest absolute Gasteiger partial charge is 0.375 e. The highest BCUT2D eigenvalue weighted by Crippen LogP contribution is 2.12. The summed E-state index contributed by atoms with van der Waals surface area (Å²) < 4.78 is 0. The van der Waals surface area contributed by atoms with E-state index in [-0.39, 0.29) is 12.3 Å². The van der Waals surface area contributed by atoms with Gasteiger partial charge in [-0.2, -0.15) is 0 Å². The number of carbonyl (C=O) groups excluding carboxylic acids is 1. The first-order chi connectivity index (χ1) is 8.65. The van der Waals surface area contributed by atoms with Crippen molar-refractivity contribution in [2.75, 3.05) is 12.8 Å². The highest BCUT2D eigenvalue weighted by atomic mass is 32.1. The van der Waals surface area contributed by atoms with E-state index in [1.54, 1.807) is 18.1 Å². The van der Waals surface area contributed by atoms with Crippen molar-refractivity contribution in [2.24, 2.45) is 0 Å². The zero-order valence-electron chi connectivity index (χ0n) is 10.0. The lowest BCUT2D eigenvalue weighted by Gasteiger charge is -2.15. The second-order valence-electron chi connectivity index (χ2n) is 3.92. The van der Waals surface area contributed by atoms with Crippen molar-refractivity contribution in [1.82, 2.24) is 14.9 Å². The molecule has 0 atom stereocenters. The molecule has 0 aliphatic rings. The topological polar surface area (TPSA) is 72.1 Å². The van der Waals surface area contributed by atoms with Gasteiger partial charge in [0.2, 0.25) is 5.91 Å². The third kappa shape index (κ3) is 3.27. The molecule has 0 saturated heterocycles. The molecule has 6 heteroatoms. The minimum Gasteiger partial charge on any atom is -0.375 e. The number of nitrogens with zero attached hydrogens (tertiary/aromatic N) is 3. The summed E-state index contributed by atoms with van der Waals surface area (Å²) >= 11 is 1.35. The van der Waals surface area contributed by atoms with Crippen LogP contribution in [0.15, 0.2) is 29.8 Å². The van der Waals surface area contributed by atoms with E-state index >= 15 is 0 Å². The maximum Gasteiger partial charge on any atom is 0.228 e. The fourth-order valence-corrected chi connectivity index (χ4v) is 2.08. The van der Waals surface area contributed by atoms with Crippen LogP contribution >= 0.6 is 11.3 Å². The third-order valence-corrected chi connectivity index (χ3v) is 3.18. The first-order valence-electron chi connectivity index (χ1n) is 5.49. The number of nitrogen functional groups attached to an aromatic ring is 1. The summed E-state index contributed by atoms with van der Waals surface area (Å²) in [4.78, 5) is 21.8. The van der Waals surface area contributed by atoms with Crippen LogP contribution in [0.2, 0.25) is 0 Å². The number of pyridine rings is 1. The SMILES string of the molecule is CN(Cc1ccccn1)C(=O)Cc1csc(N)n1. The number of rotatable bonds is 4. The number of thiazole rings is 1. The first kappa shape index (κ1) is 12.5. The Morgan fingerprint density at radius 2 is 2.28 bits per heavy atom. The number of hydrogen-bond donors (Lipinski definition) is 1. The van der Waals surface area contributed by atoms with Gasteiger partial charge in [0.15, 0.2) is 5.13 Å². The van der Waals surface area contributed by atoms with Gasteiger partial charge in [0, 0.05) is 18.6 Å². The molecule has 0 unspecified atom stereocenters. The summed E-state index contributed by atoms with van der Waals surface area (Å²) in [6, 6.07) is 5.65. The van der Waals surface area contributed by atoms with Crippen LogP contribution in [0, 0.1) is 0 Å². The van der Waals surface area contributed by atoms with Crippen molar-refractivity contribution in [2.45, 2.75) is 13.0 Å². The number of likely N-dealkylation sites (N-methyl/N-ethyl adjacent to an activating group) is 1. The number of nitrogens with two attached hydrogens (primary N) is 1. The van der Waals surface area contributed by atoms with Crippen LogP contribution in [0.5, 0.6) is 0 Å². The van der Waals surface area contributed by atoms with E-state index in [1.807, 2.05) is 23.6 Å². The van der Waals surface area contributed by atoms with Gasteiger partial charge in [-0.15, -0.1) is 11.3 Å². The van der Waals surface area contributed by atoms with Crippen molar-refractivity contribution in [1.29, 1.82) is 0 Å². The van der Waals surface area contributed by atoms with E-state index in [0.29, 0.717) is 11.7 Å². The molecular formula is C12H14N4OS. The molecule has 2 aromatic heterocycles. The second-order valence-corrected chi connectivity index (χ2v) is 4.81. The third-order valence-electron chi connectivity index (χ3n) is 2.45. The molecule has 0 aromatic carbocycles. The van der Waals surface area contributed by atoms with Crippen LogP contribution in [0.4, 0.5) is 5.13 Å². The molecule has 0 aliphatic heterocycles. The van der Waals surface area contributed by atoms with Gasteiger partial charge < -0.3 is 10.6 Å². The molecule has 0 fully saturated rings. The monoisotopic (exact) mass is 262 g/mol. The van der Waals surface area contributed by atoms with Gasteiger partial charge in [0.25, 0.3) is 0 Å². The summed E-state index contributed by atoms with van der Waals surface area (Å²) in [5, 5.41) is 2.30. The summed E-state index contributed by atoms with van der Waals surface area (Å²) in [6.07, 6.45) is 1.99. The molecule has 1 amide bonds. The zero-order chi connectivity index (χ0) is 13.0. The average molecular weight is 262 g/mol. The fourth-order valence-electron chi connectivity index (χ4n) is 1.52. The number of hydrogen-bond acceptors (Lipinski definition) is 5. The van der Waals surface area contributed by atoms with Gasteiger partial charge in [-0.25, -0.2) is 4.98 Å². The summed E-state index contributed by atoms with van der Waals surface area (Å²) in [6.45, 7) is 0.499. The maximum atomic E-state index is 11.9. The van der Waals surface area contributed by atoms with Crippen LogP contribution in [0.1, 0.15) is 11.4 Å². The summed E-state index contributed by atoms with van der Waals surface area (Å²) in [5.74, 6) is 0.00551. The molecule has 0 aliphatic carbocycles. The molecule has 5 nitrogen and oxygen atoms in total. The van der Waals surface area contributed by atoms with E-state index in [2.05, 4.69) is 9.97 Å². The standard InChI is InChI=1S/C12H14N4OS/c1-16(7-9-4-2-3-5-14-9)11(17)6-10-8-18-12(13)15-10/h2-5,8H,6-7H2,1H3,(H2,13,15).